The molecule has 9 heteroatoms. The largest absolute Gasteiger partial charge is 0.309 e. The predicted octanol–water partition coefficient (Wildman–Crippen LogP) is 3.46. The molecule has 2 N–H and O–H groups in total. The summed E-state index contributed by atoms with van der Waals surface area (Å²) in [6.45, 7) is 5.66. The third-order valence-electron chi connectivity index (χ3n) is 2.02. The summed E-state index contributed by atoms with van der Waals surface area (Å²) in [7, 11) is 0. The molecule has 0 aliphatic rings. The van der Waals surface area contributed by atoms with Crippen LogP contribution in [-0.4, -0.2) is 25.5 Å². The van der Waals surface area contributed by atoms with E-state index in [1.54, 1.807) is 18.3 Å². The number of rotatable bonds is 4. The van der Waals surface area contributed by atoms with E-state index in [4.69, 9.17) is 28.0 Å². The molecule has 0 aliphatic carbocycles. The number of anilines is 3. The molecule has 2 aromatic heterocycles. The van der Waals surface area contributed by atoms with Crippen LogP contribution in [0.2, 0.25) is 10.3 Å². The quantitative estimate of drug-likeness (QED) is 0.831. The maximum atomic E-state index is 5.88. The average molecular weight is 329 g/mol. The Morgan fingerprint density at radius 1 is 1.10 bits per heavy atom. The number of aromatic nitrogens is 4. The summed E-state index contributed by atoms with van der Waals surface area (Å²) in [5.74, 6) is 0.909. The first-order chi connectivity index (χ1) is 9.82. The van der Waals surface area contributed by atoms with E-state index in [-0.39, 0.29) is 17.2 Å². The van der Waals surface area contributed by atoms with Gasteiger partial charge < -0.3 is 5.32 Å². The van der Waals surface area contributed by atoms with E-state index < -0.39 is 5.60 Å². The van der Waals surface area contributed by atoms with E-state index in [0.717, 1.165) is 0 Å². The zero-order chi connectivity index (χ0) is 15.5. The van der Waals surface area contributed by atoms with Gasteiger partial charge in [-0.2, -0.15) is 15.0 Å². The second kappa shape index (κ2) is 6.38. The Bertz CT molecular complexity index is 631. The first kappa shape index (κ1) is 15.7. The second-order valence-corrected chi connectivity index (χ2v) is 5.83. The third-order valence-corrected chi connectivity index (χ3v) is 2.42. The minimum Gasteiger partial charge on any atom is -0.309 e. The van der Waals surface area contributed by atoms with Gasteiger partial charge in [0.05, 0.1) is 5.60 Å². The predicted molar refractivity (Wildman–Crippen MR) is 81.8 cm³/mol. The molecule has 2 rings (SSSR count). The molecule has 2 aromatic rings. The van der Waals surface area contributed by atoms with Crippen LogP contribution in [0.4, 0.5) is 17.7 Å². The Kier molecular flexibility index (Phi) is 4.76. The molecule has 0 bridgehead atoms. The molecule has 0 aromatic carbocycles. The molecule has 0 atom stereocenters. The number of hydrogen-bond donors (Lipinski definition) is 2. The topological polar surface area (TPSA) is 84.9 Å². The highest BCUT2D eigenvalue weighted by atomic mass is 35.5. The van der Waals surface area contributed by atoms with Crippen molar-refractivity contribution in [3.05, 3.63) is 28.6 Å². The van der Waals surface area contributed by atoms with Gasteiger partial charge in [-0.3, -0.25) is 4.84 Å². The molecule has 0 saturated heterocycles. The molecule has 21 heavy (non-hydrogen) atoms. The van der Waals surface area contributed by atoms with Crippen LogP contribution in [0.15, 0.2) is 18.3 Å². The summed E-state index contributed by atoms with van der Waals surface area (Å²) in [6.07, 6.45) is 1.56. The highest BCUT2D eigenvalue weighted by Crippen LogP contribution is 2.17. The van der Waals surface area contributed by atoms with E-state index in [9.17, 15) is 0 Å². The average Bonchev–Trinajstić information content (AvgIpc) is 2.35. The third kappa shape index (κ3) is 5.30. The van der Waals surface area contributed by atoms with E-state index >= 15 is 0 Å². The molecule has 0 unspecified atom stereocenters. The van der Waals surface area contributed by atoms with Gasteiger partial charge >= 0.3 is 0 Å². The van der Waals surface area contributed by atoms with Crippen molar-refractivity contribution >= 4 is 40.9 Å². The lowest BCUT2D eigenvalue weighted by molar-refractivity contribution is 0.0358. The molecule has 0 aliphatic heterocycles. The Labute approximate surface area is 132 Å². The lowest BCUT2D eigenvalue weighted by Gasteiger charge is -2.18. The molecule has 0 radical (unpaired) electrons. The van der Waals surface area contributed by atoms with E-state index in [1.807, 2.05) is 20.8 Å². The highest BCUT2D eigenvalue weighted by molar-refractivity contribution is 6.30. The zero-order valence-electron chi connectivity index (χ0n) is 11.7. The number of nitrogens with zero attached hydrogens (tertiary/aromatic N) is 4. The summed E-state index contributed by atoms with van der Waals surface area (Å²) in [6, 6.07) is 3.30. The van der Waals surface area contributed by atoms with Gasteiger partial charge in [-0.25, -0.2) is 10.5 Å². The van der Waals surface area contributed by atoms with Gasteiger partial charge in [-0.1, -0.05) is 11.6 Å². The molecule has 0 fully saturated rings. The number of halogens is 2. The minimum atomic E-state index is -0.402. The van der Waals surface area contributed by atoms with Crippen molar-refractivity contribution in [3.8, 4) is 0 Å². The molecule has 112 valence electrons. The van der Waals surface area contributed by atoms with E-state index in [0.29, 0.717) is 10.8 Å². The number of nitrogens with one attached hydrogen (secondary N) is 2. The van der Waals surface area contributed by atoms with Crippen molar-refractivity contribution in [2.24, 2.45) is 0 Å². The van der Waals surface area contributed by atoms with Crippen LogP contribution in [-0.2, 0) is 4.84 Å². The van der Waals surface area contributed by atoms with Gasteiger partial charge in [-0.05, 0) is 44.5 Å². The number of hydrogen-bond acceptors (Lipinski definition) is 7. The SMILES string of the molecule is CC(C)(C)ONc1nc(Cl)nc(Nc2cc(Cl)ccn2)n1. The summed E-state index contributed by atoms with van der Waals surface area (Å²) in [4.78, 5) is 21.5. The van der Waals surface area contributed by atoms with Crippen LogP contribution in [0.1, 0.15) is 20.8 Å². The van der Waals surface area contributed by atoms with Crippen LogP contribution in [0.3, 0.4) is 0 Å². The van der Waals surface area contributed by atoms with Crippen LogP contribution >= 0.6 is 23.2 Å². The van der Waals surface area contributed by atoms with E-state index in [1.165, 1.54) is 0 Å². The fourth-order valence-corrected chi connectivity index (χ4v) is 1.56. The molecular weight excluding hydrogens is 315 g/mol. The van der Waals surface area contributed by atoms with Crippen LogP contribution in [0, 0.1) is 0 Å². The monoisotopic (exact) mass is 328 g/mol. The summed E-state index contributed by atoms with van der Waals surface area (Å²) < 4.78 is 0. The van der Waals surface area contributed by atoms with Crippen molar-refractivity contribution in [2.45, 2.75) is 26.4 Å². The Morgan fingerprint density at radius 2 is 1.81 bits per heavy atom. The highest BCUT2D eigenvalue weighted by Gasteiger charge is 2.13. The van der Waals surface area contributed by atoms with Crippen molar-refractivity contribution < 1.29 is 4.84 Å². The smallest absolute Gasteiger partial charge is 0.253 e. The fourth-order valence-electron chi connectivity index (χ4n) is 1.24. The Balaban J connectivity index is 2.15. The molecule has 0 spiro atoms. The van der Waals surface area contributed by atoms with Crippen molar-refractivity contribution in [1.82, 2.24) is 19.9 Å². The van der Waals surface area contributed by atoms with Crippen LogP contribution in [0.25, 0.3) is 0 Å². The van der Waals surface area contributed by atoms with Crippen LogP contribution in [0.5, 0.6) is 0 Å². The van der Waals surface area contributed by atoms with Gasteiger partial charge in [0.15, 0.2) is 0 Å². The van der Waals surface area contributed by atoms with Crippen LogP contribution < -0.4 is 10.8 Å². The lowest BCUT2D eigenvalue weighted by Crippen LogP contribution is -2.24. The second-order valence-electron chi connectivity index (χ2n) is 5.05. The van der Waals surface area contributed by atoms with Crippen molar-refractivity contribution in [3.63, 3.8) is 0 Å². The maximum Gasteiger partial charge on any atom is 0.253 e. The molecule has 0 saturated carbocycles. The Hall–Kier alpha value is -1.70. The van der Waals surface area contributed by atoms with E-state index in [2.05, 4.69) is 30.7 Å². The molecule has 0 amide bonds. The molecule has 7 nitrogen and oxygen atoms in total. The first-order valence-electron chi connectivity index (χ1n) is 6.06. The first-order valence-corrected chi connectivity index (χ1v) is 6.81. The normalized spacial score (nSPS) is 11.3. The number of pyridine rings is 1. The maximum absolute atomic E-state index is 5.88. The summed E-state index contributed by atoms with van der Waals surface area (Å²) in [5.41, 5.74) is 2.23. The minimum absolute atomic E-state index is 0.0227. The molecule has 2 heterocycles. The van der Waals surface area contributed by atoms with Gasteiger partial charge in [0, 0.05) is 11.2 Å². The summed E-state index contributed by atoms with van der Waals surface area (Å²) in [5, 5.41) is 3.45. The summed E-state index contributed by atoms with van der Waals surface area (Å²) >= 11 is 11.7. The standard InChI is InChI=1S/C12H14Cl2N6O/c1-12(2,3)21-20-11-18-9(14)17-10(19-11)16-8-6-7(13)4-5-15-8/h4-6H,1-3H3,(H2,15,16,17,18,19,20). The lowest BCUT2D eigenvalue weighted by atomic mass is 10.2. The molecular formula is C12H14Cl2N6O. The van der Waals surface area contributed by atoms with Gasteiger partial charge in [0.2, 0.25) is 11.2 Å². The van der Waals surface area contributed by atoms with Gasteiger partial charge in [0.25, 0.3) is 5.95 Å². The fraction of sp³-hybridized carbons (Fsp3) is 0.333. The van der Waals surface area contributed by atoms with Crippen molar-refractivity contribution in [2.75, 3.05) is 10.8 Å². The van der Waals surface area contributed by atoms with Gasteiger partial charge in [-0.15, -0.1) is 0 Å². The van der Waals surface area contributed by atoms with Crippen molar-refractivity contribution in [1.29, 1.82) is 0 Å². The van der Waals surface area contributed by atoms with Gasteiger partial charge in [0.1, 0.15) is 5.82 Å². The zero-order valence-corrected chi connectivity index (χ0v) is 13.2. The Morgan fingerprint density at radius 3 is 2.48 bits per heavy atom.